The van der Waals surface area contributed by atoms with Crippen molar-refractivity contribution in [3.05, 3.63) is 70.9 Å². The van der Waals surface area contributed by atoms with Gasteiger partial charge in [0.2, 0.25) is 0 Å². The van der Waals surface area contributed by atoms with E-state index in [1.165, 1.54) is 0 Å². The van der Waals surface area contributed by atoms with Crippen LogP contribution in [0.3, 0.4) is 0 Å². The summed E-state index contributed by atoms with van der Waals surface area (Å²) in [7, 11) is -0.533. The van der Waals surface area contributed by atoms with Gasteiger partial charge in [0, 0.05) is 17.8 Å². The molecule has 1 N–H and O–H groups in total. The Kier molecular flexibility index (Phi) is 7.44. The molecular weight excluding hydrogens is 479 g/mol. The van der Waals surface area contributed by atoms with Crippen molar-refractivity contribution < 1.29 is 14.0 Å². The highest BCUT2D eigenvalue weighted by Gasteiger charge is 2.51. The fourth-order valence-electron chi connectivity index (χ4n) is 4.84. The van der Waals surface area contributed by atoms with Crippen LogP contribution in [0.25, 0.3) is 11.4 Å². The lowest BCUT2D eigenvalue weighted by Crippen LogP contribution is -2.41. The molecule has 2 aliphatic heterocycles. The van der Waals surface area contributed by atoms with Gasteiger partial charge in [0.1, 0.15) is 0 Å². The third-order valence-electron chi connectivity index (χ3n) is 8.10. The van der Waals surface area contributed by atoms with Gasteiger partial charge in [0.05, 0.1) is 36.2 Å². The molecular formula is C29H37BN4O4. The van der Waals surface area contributed by atoms with E-state index >= 15 is 0 Å². The highest BCUT2D eigenvalue weighted by atomic mass is 16.7. The van der Waals surface area contributed by atoms with Crippen LogP contribution >= 0.6 is 0 Å². The molecule has 2 fully saturated rings. The highest BCUT2D eigenvalue weighted by molar-refractivity contribution is 6.62. The number of hydrogen-bond donors (Lipinski definition) is 1. The normalized spacial score (nSPS) is 19.9. The topological polar surface area (TPSA) is 87.5 Å². The van der Waals surface area contributed by atoms with Gasteiger partial charge in [-0.05, 0) is 83.6 Å². The fourth-order valence-corrected chi connectivity index (χ4v) is 4.84. The lowest BCUT2D eigenvalue weighted by Gasteiger charge is -2.32. The Morgan fingerprint density at radius 1 is 1.08 bits per heavy atom. The molecule has 0 saturated carbocycles. The lowest BCUT2D eigenvalue weighted by atomic mass is 9.80. The predicted molar refractivity (Wildman–Crippen MR) is 149 cm³/mol. The minimum Gasteiger partial charge on any atom is -0.490 e. The number of nitrogens with zero attached hydrogens (tertiary/aromatic N) is 3. The molecule has 1 atom stereocenters. The van der Waals surface area contributed by atoms with E-state index in [2.05, 4.69) is 15.3 Å². The van der Waals surface area contributed by atoms with Crippen LogP contribution in [0.4, 0.5) is 0 Å². The molecule has 0 radical (unpaired) electrons. The first-order valence-corrected chi connectivity index (χ1v) is 13.5. The van der Waals surface area contributed by atoms with Crippen molar-refractivity contribution in [3.8, 4) is 17.1 Å². The summed E-state index contributed by atoms with van der Waals surface area (Å²) in [6.07, 6.45) is 7.57. The quantitative estimate of drug-likeness (QED) is 0.481. The first kappa shape index (κ1) is 26.6. The third kappa shape index (κ3) is 5.55. The molecule has 2 aromatic heterocycles. The Balaban J connectivity index is 1.31. The highest BCUT2D eigenvalue weighted by Crippen LogP contribution is 2.36. The van der Waals surface area contributed by atoms with Gasteiger partial charge in [0.25, 0.3) is 5.56 Å². The first-order valence-electron chi connectivity index (χ1n) is 13.5. The lowest BCUT2D eigenvalue weighted by molar-refractivity contribution is 0.00578. The van der Waals surface area contributed by atoms with Crippen molar-refractivity contribution >= 4 is 12.6 Å². The van der Waals surface area contributed by atoms with Crippen molar-refractivity contribution in [1.29, 1.82) is 0 Å². The molecule has 3 aromatic rings. The number of aromatic nitrogens is 3. The summed E-state index contributed by atoms with van der Waals surface area (Å²) < 4.78 is 20.1. The number of hydrogen-bond acceptors (Lipinski definition) is 7. The van der Waals surface area contributed by atoms with Crippen molar-refractivity contribution in [1.82, 2.24) is 19.9 Å². The predicted octanol–water partition coefficient (Wildman–Crippen LogP) is 3.59. The van der Waals surface area contributed by atoms with Crippen molar-refractivity contribution in [2.45, 2.75) is 64.7 Å². The van der Waals surface area contributed by atoms with Crippen molar-refractivity contribution in [2.75, 3.05) is 19.7 Å². The minimum atomic E-state index is -0.533. The maximum atomic E-state index is 12.9. The minimum absolute atomic E-state index is 0.0883. The zero-order chi connectivity index (χ0) is 26.9. The second kappa shape index (κ2) is 10.6. The maximum absolute atomic E-state index is 12.9. The van der Waals surface area contributed by atoms with E-state index < -0.39 is 18.3 Å². The second-order valence-corrected chi connectivity index (χ2v) is 11.3. The molecule has 9 heteroatoms. The molecule has 8 nitrogen and oxygen atoms in total. The Morgan fingerprint density at radius 2 is 1.76 bits per heavy atom. The summed E-state index contributed by atoms with van der Waals surface area (Å²) in [4.78, 5) is 22.0. The van der Waals surface area contributed by atoms with E-state index in [0.717, 1.165) is 42.5 Å². The van der Waals surface area contributed by atoms with Gasteiger partial charge in [-0.1, -0.05) is 24.3 Å². The van der Waals surface area contributed by atoms with Gasteiger partial charge in [-0.2, -0.15) is 0 Å². The van der Waals surface area contributed by atoms with E-state index in [4.69, 9.17) is 14.0 Å². The SMILES string of the molecule is CC(c1cccc(-c2ncc(OCC3CCNCC3)cn2)c1)n1cc(B2OC(C)(C)C(C)(C)O2)ccc1=O. The van der Waals surface area contributed by atoms with Gasteiger partial charge in [0.15, 0.2) is 11.6 Å². The molecule has 200 valence electrons. The molecule has 0 bridgehead atoms. The van der Waals surface area contributed by atoms with E-state index in [1.54, 1.807) is 29.1 Å². The Labute approximate surface area is 224 Å². The number of nitrogens with one attached hydrogen (secondary N) is 1. The van der Waals surface area contributed by atoms with Crippen molar-refractivity contribution in [2.24, 2.45) is 5.92 Å². The van der Waals surface area contributed by atoms with Gasteiger partial charge in [-0.25, -0.2) is 9.97 Å². The molecule has 38 heavy (non-hydrogen) atoms. The number of ether oxygens (including phenoxy) is 1. The summed E-state index contributed by atoms with van der Waals surface area (Å²) in [5.74, 6) is 1.87. The number of piperidine rings is 1. The summed E-state index contributed by atoms with van der Waals surface area (Å²) in [6.45, 7) is 12.9. The Bertz CT molecular complexity index is 1300. The zero-order valence-corrected chi connectivity index (χ0v) is 22.9. The molecule has 5 rings (SSSR count). The van der Waals surface area contributed by atoms with Crippen LogP contribution in [-0.2, 0) is 9.31 Å². The van der Waals surface area contributed by atoms with Crippen LogP contribution < -0.4 is 21.1 Å². The molecule has 0 amide bonds. The zero-order valence-electron chi connectivity index (χ0n) is 22.9. The molecule has 2 aliphatic rings. The van der Waals surface area contributed by atoms with E-state index in [1.807, 2.05) is 65.1 Å². The summed E-state index contributed by atoms with van der Waals surface area (Å²) in [5.41, 5.74) is 1.68. The maximum Gasteiger partial charge on any atom is 0.496 e. The first-order chi connectivity index (χ1) is 18.1. The molecule has 0 spiro atoms. The summed E-state index contributed by atoms with van der Waals surface area (Å²) in [6, 6.07) is 11.1. The van der Waals surface area contributed by atoms with Gasteiger partial charge >= 0.3 is 7.12 Å². The Morgan fingerprint density at radius 3 is 2.45 bits per heavy atom. The molecule has 4 heterocycles. The average molecular weight is 516 g/mol. The van der Waals surface area contributed by atoms with Crippen LogP contribution in [0.1, 0.15) is 59.1 Å². The van der Waals surface area contributed by atoms with Crippen LogP contribution in [0.5, 0.6) is 5.75 Å². The van der Waals surface area contributed by atoms with Crippen LogP contribution in [0, 0.1) is 5.92 Å². The average Bonchev–Trinajstić information content (AvgIpc) is 3.14. The van der Waals surface area contributed by atoms with Crippen LogP contribution in [0.2, 0.25) is 0 Å². The number of pyridine rings is 1. The largest absolute Gasteiger partial charge is 0.496 e. The second-order valence-electron chi connectivity index (χ2n) is 11.3. The van der Waals surface area contributed by atoms with E-state index in [-0.39, 0.29) is 11.6 Å². The molecule has 1 unspecified atom stereocenters. The summed E-state index contributed by atoms with van der Waals surface area (Å²) >= 11 is 0. The smallest absolute Gasteiger partial charge is 0.490 e. The van der Waals surface area contributed by atoms with Gasteiger partial charge in [-0.15, -0.1) is 0 Å². The third-order valence-corrected chi connectivity index (χ3v) is 8.10. The monoisotopic (exact) mass is 516 g/mol. The molecule has 2 saturated heterocycles. The number of rotatable bonds is 7. The standard InChI is InChI=1S/C29H37BN4O4/c1-20(34-18-24(9-10-26(34)35)30-37-28(2,3)29(4,5)38-30)22-7-6-8-23(15-22)27-32-16-25(17-33-27)36-19-21-11-13-31-14-12-21/h6-10,15-18,20-21,31H,11-14,19H2,1-5H3. The van der Waals surface area contributed by atoms with Gasteiger partial charge in [-0.3, -0.25) is 4.79 Å². The number of benzene rings is 1. The fraction of sp³-hybridized carbons (Fsp3) is 0.483. The molecule has 0 aliphatic carbocycles. The van der Waals surface area contributed by atoms with Gasteiger partial charge < -0.3 is 23.9 Å². The van der Waals surface area contributed by atoms with E-state index in [9.17, 15) is 4.79 Å². The summed E-state index contributed by atoms with van der Waals surface area (Å²) in [5, 5.41) is 3.38. The van der Waals surface area contributed by atoms with E-state index in [0.29, 0.717) is 24.1 Å². The Hall–Kier alpha value is -3.01. The van der Waals surface area contributed by atoms with Crippen LogP contribution in [0.15, 0.2) is 59.8 Å². The van der Waals surface area contributed by atoms with Crippen molar-refractivity contribution in [3.63, 3.8) is 0 Å². The molecule has 1 aromatic carbocycles. The van der Waals surface area contributed by atoms with Crippen LogP contribution in [-0.4, -0.2) is 52.6 Å².